The maximum absolute atomic E-state index is 2.52. The summed E-state index contributed by atoms with van der Waals surface area (Å²) >= 11 is 1.92. The Bertz CT molecular complexity index is 3050. The topological polar surface area (TPSA) is 9.86 Å². The first-order valence-corrected chi connectivity index (χ1v) is 18.8. The van der Waals surface area contributed by atoms with E-state index in [0.29, 0.717) is 0 Å². The number of benzene rings is 8. The fraction of sp³-hybridized carbons (Fsp3) is 0.0204. The van der Waals surface area contributed by atoms with Crippen LogP contribution in [-0.2, 0) is 5.41 Å². The summed E-state index contributed by atoms with van der Waals surface area (Å²) in [7, 11) is 0. The molecular formula is C49H30N2S. The molecule has 0 fully saturated rings. The van der Waals surface area contributed by atoms with E-state index in [2.05, 4.69) is 191 Å². The van der Waals surface area contributed by atoms with Crippen LogP contribution in [0, 0.1) is 0 Å². The average molecular weight is 679 g/mol. The standard InChI is InChI=1S/C49H30N2S/c1-6-22-42-34(13-1)35-14-2-7-23-43(35)50(42)32-29-27-31(28-30-32)33-16-11-21-41-48(33)52-46-26-10-5-19-39(46)49(41)38-18-4-9-25-45(38)51-44-24-8-3-15-36(44)37-17-12-20-40(49)47(37)51/h1-30H. The van der Waals surface area contributed by atoms with Crippen LogP contribution in [0.15, 0.2) is 192 Å². The molecule has 0 radical (unpaired) electrons. The second kappa shape index (κ2) is 10.4. The lowest BCUT2D eigenvalue weighted by atomic mass is 9.62. The van der Waals surface area contributed by atoms with E-state index in [9.17, 15) is 0 Å². The molecule has 0 amide bonds. The quantitative estimate of drug-likeness (QED) is 0.177. The van der Waals surface area contributed by atoms with E-state index >= 15 is 0 Å². The molecule has 2 aromatic heterocycles. The zero-order chi connectivity index (χ0) is 34.0. The average Bonchev–Trinajstić information content (AvgIpc) is 3.73. The van der Waals surface area contributed by atoms with Crippen molar-refractivity contribution in [2.75, 3.05) is 0 Å². The van der Waals surface area contributed by atoms with Gasteiger partial charge in [-0.2, -0.15) is 0 Å². The smallest absolute Gasteiger partial charge is 0.0764 e. The van der Waals surface area contributed by atoms with E-state index in [-0.39, 0.29) is 0 Å². The summed E-state index contributed by atoms with van der Waals surface area (Å²) in [6.07, 6.45) is 0. The van der Waals surface area contributed by atoms with Crippen molar-refractivity contribution >= 4 is 55.4 Å². The van der Waals surface area contributed by atoms with Gasteiger partial charge >= 0.3 is 0 Å². The Hall–Kier alpha value is -6.29. The Labute approximate surface area is 305 Å². The number of rotatable bonds is 2. The fourth-order valence-electron chi connectivity index (χ4n) is 9.56. The molecule has 0 aliphatic carbocycles. The number of aromatic nitrogens is 2. The van der Waals surface area contributed by atoms with Crippen molar-refractivity contribution in [2.45, 2.75) is 15.2 Å². The van der Waals surface area contributed by atoms with Gasteiger partial charge in [0.1, 0.15) is 0 Å². The zero-order valence-electron chi connectivity index (χ0n) is 28.1. The molecule has 4 heterocycles. The molecule has 0 saturated heterocycles. The molecule has 8 aromatic carbocycles. The predicted octanol–water partition coefficient (Wildman–Crippen LogP) is 12.7. The summed E-state index contributed by atoms with van der Waals surface area (Å²) in [6.45, 7) is 0. The van der Waals surface area contributed by atoms with Gasteiger partial charge in [0.25, 0.3) is 0 Å². The van der Waals surface area contributed by atoms with Gasteiger partial charge in [-0.1, -0.05) is 151 Å². The minimum atomic E-state index is -0.490. The maximum Gasteiger partial charge on any atom is 0.0764 e. The van der Waals surface area contributed by atoms with Crippen LogP contribution in [0.5, 0.6) is 0 Å². The third kappa shape index (κ3) is 3.51. The molecule has 1 atom stereocenters. The number of hydrogen-bond acceptors (Lipinski definition) is 1. The molecule has 1 spiro atoms. The highest BCUT2D eigenvalue weighted by molar-refractivity contribution is 7.99. The van der Waals surface area contributed by atoms with Gasteiger partial charge in [-0.15, -0.1) is 0 Å². The summed E-state index contributed by atoms with van der Waals surface area (Å²) < 4.78 is 4.91. The van der Waals surface area contributed by atoms with Crippen LogP contribution < -0.4 is 0 Å². The van der Waals surface area contributed by atoms with Crippen LogP contribution in [-0.4, -0.2) is 9.13 Å². The summed E-state index contributed by atoms with van der Waals surface area (Å²) in [5.74, 6) is 0. The summed E-state index contributed by atoms with van der Waals surface area (Å²) in [6, 6.07) is 67.7. The molecule has 52 heavy (non-hydrogen) atoms. The molecule has 12 rings (SSSR count). The Morgan fingerprint density at radius 3 is 1.67 bits per heavy atom. The summed E-state index contributed by atoms with van der Waals surface area (Å²) in [4.78, 5) is 2.63. The predicted molar refractivity (Wildman–Crippen MR) is 217 cm³/mol. The lowest BCUT2D eigenvalue weighted by Gasteiger charge is -2.45. The molecule has 242 valence electrons. The Morgan fingerprint density at radius 2 is 0.923 bits per heavy atom. The Kier molecular flexibility index (Phi) is 5.67. The highest BCUT2D eigenvalue weighted by Gasteiger charge is 2.49. The normalized spacial score (nSPS) is 15.7. The molecule has 1 unspecified atom stereocenters. The summed E-state index contributed by atoms with van der Waals surface area (Å²) in [5.41, 5.74) is 14.8. The third-order valence-corrected chi connectivity index (χ3v) is 12.8. The van der Waals surface area contributed by atoms with Gasteiger partial charge in [-0.3, -0.25) is 0 Å². The van der Waals surface area contributed by atoms with E-state index in [1.165, 1.54) is 98.2 Å². The minimum absolute atomic E-state index is 0.490. The highest BCUT2D eigenvalue weighted by atomic mass is 32.2. The molecule has 10 aromatic rings. The van der Waals surface area contributed by atoms with Crippen molar-refractivity contribution < 1.29 is 0 Å². The summed E-state index contributed by atoms with van der Waals surface area (Å²) in [5, 5.41) is 5.15. The lowest BCUT2D eigenvalue weighted by molar-refractivity contribution is 0.690. The van der Waals surface area contributed by atoms with Gasteiger partial charge in [-0.25, -0.2) is 0 Å². The van der Waals surface area contributed by atoms with Crippen molar-refractivity contribution in [3.63, 3.8) is 0 Å². The molecule has 0 N–H and O–H groups in total. The van der Waals surface area contributed by atoms with Crippen molar-refractivity contribution in [1.29, 1.82) is 0 Å². The van der Waals surface area contributed by atoms with Gasteiger partial charge in [0.2, 0.25) is 0 Å². The van der Waals surface area contributed by atoms with Gasteiger partial charge in [-0.05, 0) is 75.8 Å². The Morgan fingerprint density at radius 1 is 0.385 bits per heavy atom. The van der Waals surface area contributed by atoms with Gasteiger partial charge in [0, 0.05) is 37.0 Å². The Balaban J connectivity index is 1.13. The van der Waals surface area contributed by atoms with Crippen molar-refractivity contribution in [3.8, 4) is 22.5 Å². The number of fused-ring (bicyclic) bond motifs is 14. The molecule has 2 aliphatic rings. The van der Waals surface area contributed by atoms with Crippen molar-refractivity contribution in [3.05, 3.63) is 204 Å². The first-order valence-electron chi connectivity index (χ1n) is 17.9. The van der Waals surface area contributed by atoms with Crippen LogP contribution >= 0.6 is 11.8 Å². The lowest BCUT2D eigenvalue weighted by Crippen LogP contribution is -2.37. The second-order valence-corrected chi connectivity index (χ2v) is 15.1. The van der Waals surface area contributed by atoms with Crippen molar-refractivity contribution in [2.24, 2.45) is 0 Å². The van der Waals surface area contributed by atoms with Gasteiger partial charge in [0.05, 0.1) is 33.2 Å². The highest BCUT2D eigenvalue weighted by Crippen LogP contribution is 2.61. The monoisotopic (exact) mass is 678 g/mol. The van der Waals surface area contributed by atoms with Crippen LogP contribution in [0.4, 0.5) is 0 Å². The molecule has 0 bridgehead atoms. The van der Waals surface area contributed by atoms with E-state index in [1.807, 2.05) is 11.8 Å². The first-order chi connectivity index (χ1) is 25.8. The number of hydrogen-bond donors (Lipinski definition) is 0. The van der Waals surface area contributed by atoms with Crippen molar-refractivity contribution in [1.82, 2.24) is 9.13 Å². The first kappa shape index (κ1) is 28.4. The van der Waals surface area contributed by atoms with Crippen LogP contribution in [0.3, 0.4) is 0 Å². The van der Waals surface area contributed by atoms with E-state index < -0.39 is 5.41 Å². The van der Waals surface area contributed by atoms with Crippen LogP contribution in [0.25, 0.3) is 66.1 Å². The third-order valence-electron chi connectivity index (χ3n) is 11.6. The molecule has 2 nitrogen and oxygen atoms in total. The maximum atomic E-state index is 2.52. The molecule has 2 aliphatic heterocycles. The van der Waals surface area contributed by atoms with E-state index in [4.69, 9.17) is 0 Å². The van der Waals surface area contributed by atoms with Crippen LogP contribution in [0.2, 0.25) is 0 Å². The molecule has 0 saturated carbocycles. The van der Waals surface area contributed by atoms with Gasteiger partial charge < -0.3 is 9.13 Å². The fourth-order valence-corrected chi connectivity index (χ4v) is 10.9. The van der Waals surface area contributed by atoms with Crippen LogP contribution in [0.1, 0.15) is 22.3 Å². The zero-order valence-corrected chi connectivity index (χ0v) is 28.9. The number of nitrogens with zero attached hydrogens (tertiary/aromatic N) is 2. The van der Waals surface area contributed by atoms with Gasteiger partial charge in [0.15, 0.2) is 0 Å². The molecular weight excluding hydrogens is 649 g/mol. The second-order valence-electron chi connectivity index (χ2n) is 14.0. The largest absolute Gasteiger partial charge is 0.309 e. The SMILES string of the molecule is c1ccc2c(c1)Sc1c(-c3ccc(-n4c5ccccc5c5ccccc54)cc3)cccc1C21c2ccccc2-n2c3ccccc3c3cccc1c32. The van der Waals surface area contributed by atoms with E-state index in [0.717, 1.165) is 0 Å². The molecule has 3 heteroatoms. The minimum Gasteiger partial charge on any atom is -0.309 e. The number of para-hydroxylation sites is 5. The van der Waals surface area contributed by atoms with E-state index in [1.54, 1.807) is 0 Å².